The van der Waals surface area contributed by atoms with Crippen LogP contribution in [-0.2, 0) is 6.42 Å². The first kappa shape index (κ1) is 14.4. The average molecular weight is 270 g/mol. The van der Waals surface area contributed by atoms with E-state index in [0.29, 0.717) is 6.54 Å². The van der Waals surface area contributed by atoms with E-state index in [4.69, 9.17) is 5.73 Å². The van der Waals surface area contributed by atoms with Gasteiger partial charge >= 0.3 is 0 Å². The Labute approximate surface area is 120 Å². The molecule has 3 heteroatoms. The molecule has 2 rings (SSSR count). The lowest BCUT2D eigenvalue weighted by Crippen LogP contribution is -2.30. The minimum Gasteiger partial charge on any atom is -0.508 e. The van der Waals surface area contributed by atoms with Gasteiger partial charge in [-0.05, 0) is 41.8 Å². The number of rotatable bonds is 5. The number of anilines is 1. The molecule has 0 aliphatic heterocycles. The van der Waals surface area contributed by atoms with Crippen molar-refractivity contribution in [2.45, 2.75) is 19.4 Å². The topological polar surface area (TPSA) is 49.5 Å². The summed E-state index contributed by atoms with van der Waals surface area (Å²) in [7, 11) is 2.03. The zero-order valence-electron chi connectivity index (χ0n) is 12.1. The van der Waals surface area contributed by atoms with Crippen LogP contribution in [0.15, 0.2) is 48.5 Å². The van der Waals surface area contributed by atoms with Gasteiger partial charge in [-0.15, -0.1) is 0 Å². The number of phenols is 1. The van der Waals surface area contributed by atoms with Gasteiger partial charge in [0.1, 0.15) is 5.75 Å². The maximum absolute atomic E-state index is 9.37. The van der Waals surface area contributed by atoms with Gasteiger partial charge in [0, 0.05) is 19.3 Å². The molecule has 0 heterocycles. The molecule has 0 aliphatic rings. The molecule has 0 bridgehead atoms. The molecule has 20 heavy (non-hydrogen) atoms. The Morgan fingerprint density at radius 3 is 2.15 bits per heavy atom. The first-order valence-electron chi connectivity index (χ1n) is 6.96. The molecule has 0 fully saturated rings. The van der Waals surface area contributed by atoms with E-state index in [1.165, 1.54) is 11.1 Å². The molecule has 1 atom stereocenters. The average Bonchev–Trinajstić information content (AvgIpc) is 2.49. The second-order valence-corrected chi connectivity index (χ2v) is 4.97. The Hall–Kier alpha value is -2.00. The summed E-state index contributed by atoms with van der Waals surface area (Å²) in [5, 5.41) is 9.37. The molecule has 3 nitrogen and oxygen atoms in total. The molecule has 0 saturated carbocycles. The third kappa shape index (κ3) is 3.11. The lowest BCUT2D eigenvalue weighted by molar-refractivity contribution is 0.475. The molecule has 106 valence electrons. The van der Waals surface area contributed by atoms with Crippen molar-refractivity contribution >= 4 is 5.69 Å². The summed E-state index contributed by atoms with van der Waals surface area (Å²) in [5.41, 5.74) is 9.53. The predicted octanol–water partition coefficient (Wildman–Crippen LogP) is 3.09. The van der Waals surface area contributed by atoms with E-state index < -0.39 is 0 Å². The van der Waals surface area contributed by atoms with Crippen LogP contribution in [0.3, 0.4) is 0 Å². The van der Waals surface area contributed by atoms with Crippen LogP contribution in [0.4, 0.5) is 5.69 Å². The highest BCUT2D eigenvalue weighted by Gasteiger charge is 2.15. The fourth-order valence-corrected chi connectivity index (χ4v) is 2.36. The fraction of sp³-hybridized carbons (Fsp3) is 0.294. The molecule has 0 aliphatic carbocycles. The first-order valence-corrected chi connectivity index (χ1v) is 6.96. The van der Waals surface area contributed by atoms with Crippen molar-refractivity contribution in [2.75, 3.05) is 18.5 Å². The molecule has 1 unspecified atom stereocenters. The summed E-state index contributed by atoms with van der Waals surface area (Å²) < 4.78 is 0. The van der Waals surface area contributed by atoms with Crippen LogP contribution in [-0.4, -0.2) is 18.7 Å². The van der Waals surface area contributed by atoms with Crippen LogP contribution in [0.1, 0.15) is 24.1 Å². The Morgan fingerprint density at radius 2 is 1.65 bits per heavy atom. The van der Waals surface area contributed by atoms with Crippen LogP contribution in [0.2, 0.25) is 0 Å². The summed E-state index contributed by atoms with van der Waals surface area (Å²) >= 11 is 0. The van der Waals surface area contributed by atoms with Crippen molar-refractivity contribution in [3.63, 3.8) is 0 Å². The summed E-state index contributed by atoms with van der Waals surface area (Å²) in [6.07, 6.45) is 1.04. The van der Waals surface area contributed by atoms with E-state index in [1.807, 2.05) is 19.2 Å². The predicted molar refractivity (Wildman–Crippen MR) is 84.1 cm³/mol. The van der Waals surface area contributed by atoms with Gasteiger partial charge in [-0.25, -0.2) is 0 Å². The number of aryl methyl sites for hydroxylation is 1. The Balaban J connectivity index is 2.23. The number of phenolic OH excluding ortho intramolecular Hbond substituents is 1. The minimum absolute atomic E-state index is 0.130. The van der Waals surface area contributed by atoms with Crippen molar-refractivity contribution in [1.29, 1.82) is 0 Å². The van der Waals surface area contributed by atoms with Gasteiger partial charge in [0.2, 0.25) is 0 Å². The van der Waals surface area contributed by atoms with Crippen molar-refractivity contribution < 1.29 is 5.11 Å². The zero-order chi connectivity index (χ0) is 14.5. The highest BCUT2D eigenvalue weighted by Crippen LogP contribution is 2.26. The molecular weight excluding hydrogens is 248 g/mol. The third-order valence-corrected chi connectivity index (χ3v) is 3.72. The number of aromatic hydroxyl groups is 1. The van der Waals surface area contributed by atoms with E-state index >= 15 is 0 Å². The SMILES string of the molecule is CCc1ccc(C(CN)N(C)c2ccc(O)cc2)cc1. The van der Waals surface area contributed by atoms with E-state index in [1.54, 1.807) is 12.1 Å². The Morgan fingerprint density at radius 1 is 1.05 bits per heavy atom. The van der Waals surface area contributed by atoms with Crippen molar-refractivity contribution in [3.8, 4) is 5.75 Å². The normalized spacial score (nSPS) is 12.2. The van der Waals surface area contributed by atoms with Crippen molar-refractivity contribution in [3.05, 3.63) is 59.7 Å². The second-order valence-electron chi connectivity index (χ2n) is 4.97. The molecule has 0 saturated heterocycles. The van der Waals surface area contributed by atoms with Crippen molar-refractivity contribution in [2.24, 2.45) is 5.73 Å². The Bertz CT molecular complexity index is 534. The van der Waals surface area contributed by atoms with E-state index in [0.717, 1.165) is 12.1 Å². The fourth-order valence-electron chi connectivity index (χ4n) is 2.36. The van der Waals surface area contributed by atoms with E-state index in [-0.39, 0.29) is 11.8 Å². The number of hydrogen-bond donors (Lipinski definition) is 2. The molecule has 0 amide bonds. The smallest absolute Gasteiger partial charge is 0.115 e. The van der Waals surface area contributed by atoms with Crippen LogP contribution < -0.4 is 10.6 Å². The third-order valence-electron chi connectivity index (χ3n) is 3.72. The summed E-state index contributed by atoms with van der Waals surface area (Å²) in [5.74, 6) is 0.277. The minimum atomic E-state index is 0.130. The molecule has 2 aromatic carbocycles. The van der Waals surface area contributed by atoms with E-state index in [9.17, 15) is 5.11 Å². The largest absolute Gasteiger partial charge is 0.508 e. The number of likely N-dealkylation sites (N-methyl/N-ethyl adjacent to an activating group) is 1. The summed E-state index contributed by atoms with van der Waals surface area (Å²) in [6, 6.07) is 15.9. The molecule has 0 radical (unpaired) electrons. The van der Waals surface area contributed by atoms with Gasteiger partial charge in [-0.1, -0.05) is 31.2 Å². The van der Waals surface area contributed by atoms with Crippen LogP contribution in [0, 0.1) is 0 Å². The zero-order valence-corrected chi connectivity index (χ0v) is 12.1. The molecule has 0 spiro atoms. The second kappa shape index (κ2) is 6.44. The van der Waals surface area contributed by atoms with Gasteiger partial charge in [0.25, 0.3) is 0 Å². The highest BCUT2D eigenvalue weighted by molar-refractivity contribution is 5.50. The number of nitrogens with two attached hydrogens (primary N) is 1. The van der Waals surface area contributed by atoms with Crippen molar-refractivity contribution in [1.82, 2.24) is 0 Å². The number of nitrogens with zero attached hydrogens (tertiary/aromatic N) is 1. The maximum atomic E-state index is 9.37. The quantitative estimate of drug-likeness (QED) is 0.877. The summed E-state index contributed by atoms with van der Waals surface area (Å²) in [6.45, 7) is 2.70. The number of hydrogen-bond acceptors (Lipinski definition) is 3. The molecular formula is C17H22N2O. The van der Waals surface area contributed by atoms with E-state index in [2.05, 4.69) is 36.1 Å². The first-order chi connectivity index (χ1) is 9.65. The monoisotopic (exact) mass is 270 g/mol. The van der Waals surface area contributed by atoms with Crippen LogP contribution in [0.5, 0.6) is 5.75 Å². The standard InChI is InChI=1S/C17H22N2O/c1-3-13-4-6-14(7-5-13)17(12-18)19(2)15-8-10-16(20)11-9-15/h4-11,17,20H,3,12,18H2,1-2H3. The van der Waals surface area contributed by atoms with Gasteiger partial charge in [-0.2, -0.15) is 0 Å². The van der Waals surface area contributed by atoms with Gasteiger partial charge in [0.05, 0.1) is 6.04 Å². The molecule has 3 N–H and O–H groups in total. The maximum Gasteiger partial charge on any atom is 0.115 e. The highest BCUT2D eigenvalue weighted by atomic mass is 16.3. The number of benzene rings is 2. The van der Waals surface area contributed by atoms with Gasteiger partial charge in [-0.3, -0.25) is 0 Å². The lowest BCUT2D eigenvalue weighted by atomic mass is 10.0. The summed E-state index contributed by atoms with van der Waals surface area (Å²) in [4.78, 5) is 2.14. The molecule has 2 aromatic rings. The van der Waals surface area contributed by atoms with Crippen LogP contribution in [0.25, 0.3) is 0 Å². The Kier molecular flexibility index (Phi) is 4.64. The lowest BCUT2D eigenvalue weighted by Gasteiger charge is -2.29. The van der Waals surface area contributed by atoms with Crippen LogP contribution >= 0.6 is 0 Å². The van der Waals surface area contributed by atoms with Gasteiger partial charge in [0.15, 0.2) is 0 Å². The molecule has 0 aromatic heterocycles. The van der Waals surface area contributed by atoms with Gasteiger partial charge < -0.3 is 15.7 Å².